The van der Waals surface area contributed by atoms with E-state index >= 15 is 0 Å². The number of rotatable bonds is 4. The average Bonchev–Trinajstić information content (AvgIpc) is 3.21. The van der Waals surface area contributed by atoms with E-state index in [9.17, 15) is 9.59 Å². The van der Waals surface area contributed by atoms with E-state index in [0.29, 0.717) is 0 Å². The molecule has 0 spiro atoms. The third-order valence-electron chi connectivity index (χ3n) is 2.35. The molecule has 4 N–H and O–H groups in total. The van der Waals surface area contributed by atoms with Gasteiger partial charge in [0.2, 0.25) is 11.6 Å². The SMILES string of the molecule is O=C(Nc1cccc(NC(=O)c2nnn[nH]2)n1)c1nnn[nH]1.[NaH].[NaH]. The first-order chi connectivity index (χ1) is 10.7. The minimum atomic E-state index is -0.569. The number of nitrogens with zero attached hydrogens (tertiary/aromatic N) is 7. The quantitative estimate of drug-likeness (QED) is 0.365. The number of amides is 2. The van der Waals surface area contributed by atoms with Crippen molar-refractivity contribution < 1.29 is 9.59 Å². The molecule has 114 valence electrons. The monoisotopic (exact) mass is 349 g/mol. The zero-order valence-corrected chi connectivity index (χ0v) is 10.7. The van der Waals surface area contributed by atoms with Crippen molar-refractivity contribution in [1.29, 1.82) is 0 Å². The molecule has 0 saturated heterocycles. The van der Waals surface area contributed by atoms with Crippen molar-refractivity contribution >= 4 is 82.6 Å². The summed E-state index contributed by atoms with van der Waals surface area (Å²) in [7, 11) is 0. The molecule has 0 aliphatic heterocycles. The molecule has 3 heterocycles. The van der Waals surface area contributed by atoms with Crippen molar-refractivity contribution in [2.45, 2.75) is 0 Å². The molecule has 0 radical (unpaired) electrons. The van der Waals surface area contributed by atoms with E-state index in [-0.39, 0.29) is 82.4 Å². The fourth-order valence-electron chi connectivity index (χ4n) is 1.44. The first kappa shape index (κ1) is 20.3. The Balaban J connectivity index is 0.00000144. The van der Waals surface area contributed by atoms with Gasteiger partial charge in [-0.2, -0.15) is 0 Å². The van der Waals surface area contributed by atoms with E-state index in [1.54, 1.807) is 6.07 Å². The molecule has 3 rings (SSSR count). The van der Waals surface area contributed by atoms with Gasteiger partial charge in [0.15, 0.2) is 0 Å². The molecule has 0 aliphatic rings. The topological polar surface area (TPSA) is 180 Å². The fourth-order valence-corrected chi connectivity index (χ4v) is 1.44. The summed E-state index contributed by atoms with van der Waals surface area (Å²) >= 11 is 0. The molecule has 0 saturated carbocycles. The molecule has 24 heavy (non-hydrogen) atoms. The standard InChI is InChI=1S/C9H7N11O2.2Na.2H/c21-8(6-13-17-18-14-6)11-4-2-1-3-5(10-4)12-9(22)7-15-19-20-16-7;;;;/h1-3H,(H,13,14,17,18)(H,15,16,19,20)(H2,10,11,12,21,22);;;;. The number of anilines is 2. The van der Waals surface area contributed by atoms with Gasteiger partial charge >= 0.3 is 59.1 Å². The molecule has 0 aliphatic carbocycles. The predicted octanol–water partition coefficient (Wildman–Crippen LogP) is -2.68. The van der Waals surface area contributed by atoms with Gasteiger partial charge < -0.3 is 10.6 Å². The number of carbonyl (C=O) groups is 2. The van der Waals surface area contributed by atoms with Crippen LogP contribution in [0.15, 0.2) is 18.2 Å². The Morgan fingerprint density at radius 1 is 0.833 bits per heavy atom. The molecule has 2 amide bonds. The number of H-pyrrole nitrogens is 2. The second-order valence-electron chi connectivity index (χ2n) is 3.82. The number of aromatic nitrogens is 9. The summed E-state index contributed by atoms with van der Waals surface area (Å²) < 4.78 is 0. The summed E-state index contributed by atoms with van der Waals surface area (Å²) in [5.41, 5.74) is 0. The van der Waals surface area contributed by atoms with Crippen molar-refractivity contribution in [3.63, 3.8) is 0 Å². The maximum absolute atomic E-state index is 11.8. The van der Waals surface area contributed by atoms with Crippen LogP contribution in [0.3, 0.4) is 0 Å². The van der Waals surface area contributed by atoms with Gasteiger partial charge in [-0.15, -0.1) is 10.2 Å². The third-order valence-corrected chi connectivity index (χ3v) is 2.35. The van der Waals surface area contributed by atoms with Gasteiger partial charge in [-0.1, -0.05) is 6.07 Å². The number of carbonyl (C=O) groups excluding carboxylic acids is 2. The van der Waals surface area contributed by atoms with Gasteiger partial charge in [0.05, 0.1) is 0 Å². The van der Waals surface area contributed by atoms with Gasteiger partial charge in [-0.3, -0.25) is 9.59 Å². The molecule has 0 aromatic carbocycles. The maximum atomic E-state index is 11.8. The van der Waals surface area contributed by atoms with Crippen LogP contribution >= 0.6 is 0 Å². The Labute approximate surface area is 177 Å². The van der Waals surface area contributed by atoms with Crippen LogP contribution in [-0.2, 0) is 0 Å². The Bertz CT molecular complexity index is 728. The van der Waals surface area contributed by atoms with Gasteiger partial charge in [0.25, 0.3) is 11.8 Å². The van der Waals surface area contributed by atoms with Crippen LogP contribution in [0.2, 0.25) is 0 Å². The molecule has 3 aromatic rings. The Morgan fingerprint density at radius 2 is 1.29 bits per heavy atom. The van der Waals surface area contributed by atoms with Crippen LogP contribution < -0.4 is 10.6 Å². The van der Waals surface area contributed by atoms with E-state index in [0.717, 1.165) is 0 Å². The first-order valence-electron chi connectivity index (χ1n) is 5.79. The molecule has 15 heteroatoms. The van der Waals surface area contributed by atoms with Crippen LogP contribution in [0.5, 0.6) is 0 Å². The first-order valence-corrected chi connectivity index (χ1v) is 5.79. The second-order valence-corrected chi connectivity index (χ2v) is 3.82. The molecule has 3 aromatic heterocycles. The number of tetrazole rings is 2. The Kier molecular flexibility index (Phi) is 8.03. The minimum absolute atomic E-state index is 0. The van der Waals surface area contributed by atoms with Gasteiger partial charge in [-0.05, 0) is 33.0 Å². The molecule has 0 fully saturated rings. The van der Waals surface area contributed by atoms with Crippen LogP contribution in [0.1, 0.15) is 21.2 Å². The van der Waals surface area contributed by atoms with Crippen molar-refractivity contribution in [2.75, 3.05) is 10.6 Å². The molecule has 0 bridgehead atoms. The van der Waals surface area contributed by atoms with E-state index in [4.69, 9.17) is 0 Å². The summed E-state index contributed by atoms with van der Waals surface area (Å²) in [4.78, 5) is 27.5. The van der Waals surface area contributed by atoms with E-state index in [1.807, 2.05) is 0 Å². The summed E-state index contributed by atoms with van der Waals surface area (Å²) in [6.45, 7) is 0. The normalized spacial score (nSPS) is 9.33. The van der Waals surface area contributed by atoms with Crippen molar-refractivity contribution in [1.82, 2.24) is 46.2 Å². The molecular formula is C9H9N11Na2O2. The molecule has 13 nitrogen and oxygen atoms in total. The number of aromatic amines is 2. The Morgan fingerprint density at radius 3 is 1.67 bits per heavy atom. The van der Waals surface area contributed by atoms with Crippen LogP contribution in [0.25, 0.3) is 0 Å². The van der Waals surface area contributed by atoms with Gasteiger partial charge in [-0.25, -0.2) is 15.2 Å². The summed E-state index contributed by atoms with van der Waals surface area (Å²) in [5, 5.41) is 29.7. The number of hydrogen-bond acceptors (Lipinski definition) is 9. The molecule has 0 atom stereocenters. The van der Waals surface area contributed by atoms with E-state index in [1.165, 1.54) is 12.1 Å². The predicted molar refractivity (Wildman–Crippen MR) is 82.8 cm³/mol. The van der Waals surface area contributed by atoms with E-state index in [2.05, 4.69) is 56.9 Å². The van der Waals surface area contributed by atoms with Crippen molar-refractivity contribution in [2.24, 2.45) is 0 Å². The second kappa shape index (κ2) is 9.51. The van der Waals surface area contributed by atoms with Crippen LogP contribution in [0, 0.1) is 0 Å². The fraction of sp³-hybridized carbons (Fsp3) is 0. The van der Waals surface area contributed by atoms with Crippen LogP contribution in [0.4, 0.5) is 11.6 Å². The summed E-state index contributed by atoms with van der Waals surface area (Å²) in [6.07, 6.45) is 0. The number of hydrogen-bond donors (Lipinski definition) is 4. The Hall–Kier alpha value is -1.77. The van der Waals surface area contributed by atoms with Gasteiger partial charge in [0.1, 0.15) is 11.6 Å². The third kappa shape index (κ3) is 5.12. The zero-order valence-electron chi connectivity index (χ0n) is 10.7. The van der Waals surface area contributed by atoms with Gasteiger partial charge in [0, 0.05) is 0 Å². The molecule has 0 unspecified atom stereocenters. The van der Waals surface area contributed by atoms with Crippen LogP contribution in [-0.4, -0.2) is 117 Å². The number of pyridine rings is 1. The average molecular weight is 349 g/mol. The summed E-state index contributed by atoms with van der Waals surface area (Å²) in [6, 6.07) is 4.66. The van der Waals surface area contributed by atoms with Crippen molar-refractivity contribution in [3.05, 3.63) is 29.8 Å². The zero-order chi connectivity index (χ0) is 15.4. The van der Waals surface area contributed by atoms with E-state index < -0.39 is 11.8 Å². The summed E-state index contributed by atoms with van der Waals surface area (Å²) in [5.74, 6) is -0.862. The number of nitrogens with one attached hydrogen (secondary N) is 4. The molecular weight excluding hydrogens is 340 g/mol. The van der Waals surface area contributed by atoms with Crippen molar-refractivity contribution in [3.8, 4) is 0 Å².